The summed E-state index contributed by atoms with van der Waals surface area (Å²) in [6.45, 7) is 2.83. The second-order valence-corrected chi connectivity index (χ2v) is 6.73. The van der Waals surface area contributed by atoms with E-state index in [4.69, 9.17) is 34.8 Å². The van der Waals surface area contributed by atoms with Crippen LogP contribution >= 0.6 is 34.8 Å². The number of hydrogen-bond acceptors (Lipinski definition) is 2. The second-order valence-electron chi connectivity index (χ2n) is 5.42. The second kappa shape index (κ2) is 7.00. The quantitative estimate of drug-likeness (QED) is 0.772. The van der Waals surface area contributed by atoms with Crippen LogP contribution in [-0.4, -0.2) is 37.0 Å². The highest BCUT2D eigenvalue weighted by molar-refractivity contribution is 6.35. The van der Waals surface area contributed by atoms with Crippen LogP contribution in [0.5, 0.6) is 0 Å². The molecule has 0 radical (unpaired) electrons. The number of carbonyl (C=O) groups is 1. The van der Waals surface area contributed by atoms with E-state index in [9.17, 15) is 4.79 Å². The molecule has 0 atom stereocenters. The van der Waals surface area contributed by atoms with Crippen LogP contribution in [0.2, 0.25) is 15.1 Å². The summed E-state index contributed by atoms with van der Waals surface area (Å²) < 4.78 is 0. The van der Waals surface area contributed by atoms with Crippen molar-refractivity contribution in [3.63, 3.8) is 0 Å². The van der Waals surface area contributed by atoms with Crippen LogP contribution in [0.3, 0.4) is 0 Å². The summed E-state index contributed by atoms with van der Waals surface area (Å²) >= 11 is 18.0. The fourth-order valence-corrected chi connectivity index (χ4v) is 3.41. The Morgan fingerprint density at radius 1 is 0.826 bits per heavy atom. The molecule has 1 amide bonds. The summed E-state index contributed by atoms with van der Waals surface area (Å²) in [5, 5.41) is 1.66. The van der Waals surface area contributed by atoms with Gasteiger partial charge in [0, 0.05) is 52.5 Å². The van der Waals surface area contributed by atoms with Gasteiger partial charge in [0.2, 0.25) is 0 Å². The zero-order valence-electron chi connectivity index (χ0n) is 12.3. The number of rotatable bonds is 2. The minimum atomic E-state index is -0.0415. The Bertz CT molecular complexity index is 707. The van der Waals surface area contributed by atoms with Crippen molar-refractivity contribution in [3.8, 4) is 0 Å². The van der Waals surface area contributed by atoms with E-state index in [1.54, 1.807) is 18.2 Å². The maximum atomic E-state index is 12.6. The number of benzene rings is 2. The van der Waals surface area contributed by atoms with Crippen molar-refractivity contribution >= 4 is 46.4 Å². The summed E-state index contributed by atoms with van der Waals surface area (Å²) in [5.41, 5.74) is 1.61. The van der Waals surface area contributed by atoms with Crippen molar-refractivity contribution in [2.75, 3.05) is 31.1 Å². The van der Waals surface area contributed by atoms with Gasteiger partial charge in [0.05, 0.1) is 0 Å². The lowest BCUT2D eigenvalue weighted by atomic mass is 10.1. The largest absolute Gasteiger partial charge is 0.368 e. The van der Waals surface area contributed by atoms with Gasteiger partial charge >= 0.3 is 0 Å². The first-order valence-electron chi connectivity index (χ1n) is 7.29. The molecule has 120 valence electrons. The molecule has 2 aromatic carbocycles. The Kier molecular flexibility index (Phi) is 5.00. The van der Waals surface area contributed by atoms with Gasteiger partial charge in [-0.25, -0.2) is 0 Å². The maximum absolute atomic E-state index is 12.6. The molecular formula is C17H15Cl3N2O. The molecule has 23 heavy (non-hydrogen) atoms. The van der Waals surface area contributed by atoms with E-state index in [0.717, 1.165) is 23.8 Å². The standard InChI is InChI=1S/C17H15Cl3N2O/c18-13-2-1-3-16(11-13)21-4-6-22(7-5-21)17(23)12-8-14(19)10-15(20)9-12/h1-3,8-11H,4-7H2. The van der Waals surface area contributed by atoms with E-state index in [2.05, 4.69) is 4.90 Å². The lowest BCUT2D eigenvalue weighted by molar-refractivity contribution is 0.0747. The van der Waals surface area contributed by atoms with Crippen molar-refractivity contribution in [3.05, 3.63) is 63.1 Å². The van der Waals surface area contributed by atoms with Gasteiger partial charge < -0.3 is 9.80 Å². The van der Waals surface area contributed by atoms with Crippen LogP contribution < -0.4 is 4.90 Å². The van der Waals surface area contributed by atoms with Gasteiger partial charge in [-0.05, 0) is 36.4 Å². The van der Waals surface area contributed by atoms with Crippen LogP contribution in [0.25, 0.3) is 0 Å². The summed E-state index contributed by atoms with van der Waals surface area (Å²) in [7, 11) is 0. The molecule has 1 fully saturated rings. The lowest BCUT2D eigenvalue weighted by Gasteiger charge is -2.36. The van der Waals surface area contributed by atoms with E-state index in [1.165, 1.54) is 0 Å². The third kappa shape index (κ3) is 3.92. The molecule has 1 aliphatic rings. The van der Waals surface area contributed by atoms with Crippen LogP contribution in [0.1, 0.15) is 10.4 Å². The molecule has 6 heteroatoms. The van der Waals surface area contributed by atoms with Gasteiger partial charge in [-0.1, -0.05) is 40.9 Å². The average molecular weight is 370 g/mol. The van der Waals surface area contributed by atoms with E-state index < -0.39 is 0 Å². The molecule has 3 nitrogen and oxygen atoms in total. The highest BCUT2D eigenvalue weighted by Gasteiger charge is 2.22. The SMILES string of the molecule is O=C(c1cc(Cl)cc(Cl)c1)N1CCN(c2cccc(Cl)c2)CC1. The number of halogens is 3. The van der Waals surface area contributed by atoms with Crippen LogP contribution in [0.4, 0.5) is 5.69 Å². The smallest absolute Gasteiger partial charge is 0.254 e. The molecule has 1 heterocycles. The molecule has 0 N–H and O–H groups in total. The third-order valence-electron chi connectivity index (χ3n) is 3.85. The minimum Gasteiger partial charge on any atom is -0.368 e. The van der Waals surface area contributed by atoms with Gasteiger partial charge in [-0.2, -0.15) is 0 Å². The van der Waals surface area contributed by atoms with Gasteiger partial charge in [0.1, 0.15) is 0 Å². The summed E-state index contributed by atoms with van der Waals surface area (Å²) in [6.07, 6.45) is 0. The van der Waals surface area contributed by atoms with E-state index in [1.807, 2.05) is 29.2 Å². The Hall–Kier alpha value is -1.42. The Morgan fingerprint density at radius 2 is 1.48 bits per heavy atom. The summed E-state index contributed by atoms with van der Waals surface area (Å²) in [6, 6.07) is 12.7. The zero-order valence-corrected chi connectivity index (χ0v) is 14.6. The van der Waals surface area contributed by atoms with Crippen molar-refractivity contribution in [2.24, 2.45) is 0 Å². The minimum absolute atomic E-state index is 0.0415. The van der Waals surface area contributed by atoms with Gasteiger partial charge in [0.15, 0.2) is 0 Å². The summed E-state index contributed by atoms with van der Waals surface area (Å²) in [5.74, 6) is -0.0415. The predicted molar refractivity (Wildman–Crippen MR) is 96.0 cm³/mol. The highest BCUT2D eigenvalue weighted by Crippen LogP contribution is 2.23. The predicted octanol–water partition coefficient (Wildman–Crippen LogP) is 4.61. The first-order valence-corrected chi connectivity index (χ1v) is 8.42. The first-order chi connectivity index (χ1) is 11.0. The molecule has 0 aliphatic carbocycles. The van der Waals surface area contributed by atoms with Crippen LogP contribution in [0.15, 0.2) is 42.5 Å². The molecule has 1 saturated heterocycles. The fourth-order valence-electron chi connectivity index (χ4n) is 2.70. The molecule has 0 bridgehead atoms. The maximum Gasteiger partial charge on any atom is 0.254 e. The van der Waals surface area contributed by atoms with Crippen molar-refractivity contribution in [2.45, 2.75) is 0 Å². The molecule has 0 unspecified atom stereocenters. The number of piperazine rings is 1. The molecule has 0 spiro atoms. The molecule has 0 aromatic heterocycles. The van der Waals surface area contributed by atoms with Crippen molar-refractivity contribution in [1.29, 1.82) is 0 Å². The molecule has 1 aliphatic heterocycles. The third-order valence-corrected chi connectivity index (χ3v) is 4.52. The monoisotopic (exact) mass is 368 g/mol. The molecular weight excluding hydrogens is 355 g/mol. The lowest BCUT2D eigenvalue weighted by Crippen LogP contribution is -2.48. The number of hydrogen-bond donors (Lipinski definition) is 0. The average Bonchev–Trinajstić information content (AvgIpc) is 2.53. The topological polar surface area (TPSA) is 23.6 Å². The van der Waals surface area contributed by atoms with Gasteiger partial charge in [-0.15, -0.1) is 0 Å². The number of nitrogens with zero attached hydrogens (tertiary/aromatic N) is 2. The van der Waals surface area contributed by atoms with Gasteiger partial charge in [-0.3, -0.25) is 4.79 Å². The number of anilines is 1. The van der Waals surface area contributed by atoms with Crippen molar-refractivity contribution in [1.82, 2.24) is 4.90 Å². The number of amides is 1. The van der Waals surface area contributed by atoms with Gasteiger partial charge in [0.25, 0.3) is 5.91 Å². The van der Waals surface area contributed by atoms with Crippen LogP contribution in [0, 0.1) is 0 Å². The first kappa shape index (κ1) is 16.4. The number of carbonyl (C=O) groups excluding carboxylic acids is 1. The summed E-state index contributed by atoms with van der Waals surface area (Å²) in [4.78, 5) is 16.6. The van der Waals surface area contributed by atoms with Crippen LogP contribution in [-0.2, 0) is 0 Å². The Labute approximate surface area is 150 Å². The molecule has 3 rings (SSSR count). The zero-order chi connectivity index (χ0) is 16.4. The van der Waals surface area contributed by atoms with E-state index in [0.29, 0.717) is 28.7 Å². The Balaban J connectivity index is 1.67. The highest BCUT2D eigenvalue weighted by atomic mass is 35.5. The fraction of sp³-hybridized carbons (Fsp3) is 0.235. The Morgan fingerprint density at radius 3 is 2.09 bits per heavy atom. The molecule has 2 aromatic rings. The normalized spacial score (nSPS) is 14.9. The van der Waals surface area contributed by atoms with E-state index in [-0.39, 0.29) is 5.91 Å². The van der Waals surface area contributed by atoms with Crippen molar-refractivity contribution < 1.29 is 4.79 Å². The van der Waals surface area contributed by atoms with E-state index >= 15 is 0 Å². The molecule has 0 saturated carbocycles.